The summed E-state index contributed by atoms with van der Waals surface area (Å²) in [5, 5.41) is 3.11. The van der Waals surface area contributed by atoms with E-state index in [9.17, 15) is 4.79 Å². The first kappa shape index (κ1) is 15.2. The monoisotopic (exact) mass is 303 g/mol. The maximum absolute atomic E-state index is 12.5. The van der Waals surface area contributed by atoms with E-state index in [4.69, 9.17) is 0 Å². The number of likely N-dealkylation sites (tertiary alicyclic amines) is 2. The number of rotatable bonds is 5. The lowest BCUT2D eigenvalue weighted by Crippen LogP contribution is -2.47. The Morgan fingerprint density at radius 3 is 2.68 bits per heavy atom. The van der Waals surface area contributed by atoms with Crippen molar-refractivity contribution in [1.29, 1.82) is 0 Å². The Hall–Kier alpha value is -1.69. The summed E-state index contributed by atoms with van der Waals surface area (Å²) in [5.41, 5.74) is 0. The largest absolute Gasteiger partial charge is 0.354 e. The highest BCUT2D eigenvalue weighted by Gasteiger charge is 2.37. The van der Waals surface area contributed by atoms with Gasteiger partial charge in [0.15, 0.2) is 0 Å². The molecule has 0 bridgehead atoms. The van der Waals surface area contributed by atoms with Gasteiger partial charge < -0.3 is 15.1 Å². The number of carbonyl (C=O) groups excluding carboxylic acids is 1. The number of aromatic nitrogens is 2. The minimum absolute atomic E-state index is 0.256. The van der Waals surface area contributed by atoms with Crippen molar-refractivity contribution in [2.24, 2.45) is 0 Å². The summed E-state index contributed by atoms with van der Waals surface area (Å²) in [6, 6.07) is 2.74. The topological polar surface area (TPSA) is 61.4 Å². The number of likely N-dealkylation sites (N-methyl/N-ethyl adjacent to an activating group) is 1. The normalized spacial score (nSPS) is 25.6. The van der Waals surface area contributed by atoms with Crippen molar-refractivity contribution in [3.63, 3.8) is 0 Å². The van der Waals surface area contributed by atoms with Crippen molar-refractivity contribution in [3.8, 4) is 0 Å². The predicted octanol–water partition coefficient (Wildman–Crippen LogP) is 1.36. The van der Waals surface area contributed by atoms with Crippen molar-refractivity contribution in [1.82, 2.24) is 19.8 Å². The van der Waals surface area contributed by atoms with Crippen molar-refractivity contribution in [2.45, 2.75) is 44.2 Å². The molecule has 0 unspecified atom stereocenters. The third-order valence-electron chi connectivity index (χ3n) is 4.83. The van der Waals surface area contributed by atoms with E-state index in [0.29, 0.717) is 31.0 Å². The second kappa shape index (κ2) is 7.05. The first-order valence-corrected chi connectivity index (χ1v) is 8.26. The highest BCUT2D eigenvalue weighted by atomic mass is 16.2. The summed E-state index contributed by atoms with van der Waals surface area (Å²) >= 11 is 0. The molecule has 2 aliphatic heterocycles. The van der Waals surface area contributed by atoms with Crippen molar-refractivity contribution < 1.29 is 4.79 Å². The molecule has 1 N–H and O–H groups in total. The summed E-state index contributed by atoms with van der Waals surface area (Å²) in [6.07, 6.45) is 8.66. The fraction of sp³-hybridized carbons (Fsp3) is 0.688. The first-order valence-electron chi connectivity index (χ1n) is 8.26. The van der Waals surface area contributed by atoms with E-state index in [1.807, 2.05) is 0 Å². The molecular formula is C16H25N5O. The van der Waals surface area contributed by atoms with Gasteiger partial charge in [0.25, 0.3) is 0 Å². The molecule has 0 aromatic carbocycles. The molecule has 2 atom stereocenters. The van der Waals surface area contributed by atoms with Gasteiger partial charge in [-0.1, -0.05) is 0 Å². The Bertz CT molecular complexity index is 495. The Balaban J connectivity index is 1.50. The zero-order valence-electron chi connectivity index (χ0n) is 13.2. The summed E-state index contributed by atoms with van der Waals surface area (Å²) < 4.78 is 0. The minimum atomic E-state index is 0.256. The second-order valence-electron chi connectivity index (χ2n) is 6.24. The van der Waals surface area contributed by atoms with Crippen LogP contribution in [0.4, 0.5) is 5.95 Å². The SMILES string of the molecule is CN1CCC[C@@H]1[C@@H]1CCCN1C(=O)CCNc1ncccn1. The van der Waals surface area contributed by atoms with E-state index in [0.717, 1.165) is 25.9 Å². The van der Waals surface area contributed by atoms with Crippen molar-refractivity contribution in [3.05, 3.63) is 18.5 Å². The molecule has 0 spiro atoms. The van der Waals surface area contributed by atoms with Gasteiger partial charge in [-0.25, -0.2) is 9.97 Å². The molecule has 2 saturated heterocycles. The van der Waals surface area contributed by atoms with Gasteiger partial charge in [0.05, 0.1) is 0 Å². The van der Waals surface area contributed by atoms with Gasteiger partial charge in [-0.2, -0.15) is 0 Å². The highest BCUT2D eigenvalue weighted by molar-refractivity contribution is 5.77. The smallest absolute Gasteiger partial charge is 0.224 e. The molecule has 6 heteroatoms. The maximum Gasteiger partial charge on any atom is 0.224 e. The van der Waals surface area contributed by atoms with Crippen molar-refractivity contribution >= 4 is 11.9 Å². The molecule has 1 aromatic heterocycles. The first-order chi connectivity index (χ1) is 10.8. The van der Waals surface area contributed by atoms with Gasteiger partial charge in [0.1, 0.15) is 0 Å². The Kier molecular flexibility index (Phi) is 4.87. The van der Waals surface area contributed by atoms with Gasteiger partial charge >= 0.3 is 0 Å². The van der Waals surface area contributed by atoms with Crippen LogP contribution < -0.4 is 5.32 Å². The third-order valence-corrected chi connectivity index (χ3v) is 4.83. The molecule has 22 heavy (non-hydrogen) atoms. The molecule has 2 aliphatic rings. The molecule has 120 valence electrons. The fourth-order valence-electron chi connectivity index (χ4n) is 3.74. The molecule has 1 aromatic rings. The lowest BCUT2D eigenvalue weighted by molar-refractivity contribution is -0.132. The molecule has 3 rings (SSSR count). The zero-order valence-corrected chi connectivity index (χ0v) is 13.2. The molecule has 2 fully saturated rings. The Labute approximate surface area is 131 Å². The third kappa shape index (κ3) is 3.38. The number of nitrogens with zero attached hydrogens (tertiary/aromatic N) is 4. The lowest BCUT2D eigenvalue weighted by Gasteiger charge is -2.33. The van der Waals surface area contributed by atoms with Crippen LogP contribution in [0.1, 0.15) is 32.1 Å². The van der Waals surface area contributed by atoms with Crippen LogP contribution in [0.15, 0.2) is 18.5 Å². The van der Waals surface area contributed by atoms with Crippen LogP contribution in [0.25, 0.3) is 0 Å². The summed E-state index contributed by atoms with van der Waals surface area (Å²) in [6.45, 7) is 2.67. The van der Waals surface area contributed by atoms with E-state index in [1.165, 1.54) is 12.8 Å². The van der Waals surface area contributed by atoms with Gasteiger partial charge in [-0.3, -0.25) is 4.79 Å². The molecule has 1 amide bonds. The summed E-state index contributed by atoms with van der Waals surface area (Å²) in [5.74, 6) is 0.843. The fourth-order valence-corrected chi connectivity index (χ4v) is 3.74. The number of carbonyl (C=O) groups is 1. The lowest BCUT2D eigenvalue weighted by atomic mass is 10.0. The number of hydrogen-bond donors (Lipinski definition) is 1. The molecular weight excluding hydrogens is 278 g/mol. The van der Waals surface area contributed by atoms with Gasteiger partial charge in [0.2, 0.25) is 11.9 Å². The number of nitrogens with one attached hydrogen (secondary N) is 1. The van der Waals surface area contributed by atoms with Crippen LogP contribution in [-0.4, -0.2) is 64.4 Å². The van der Waals surface area contributed by atoms with Gasteiger partial charge in [0, 0.05) is 44.0 Å². The average molecular weight is 303 g/mol. The molecule has 0 saturated carbocycles. The Morgan fingerprint density at radius 2 is 1.95 bits per heavy atom. The quantitative estimate of drug-likeness (QED) is 0.890. The second-order valence-corrected chi connectivity index (χ2v) is 6.24. The molecule has 3 heterocycles. The predicted molar refractivity (Wildman–Crippen MR) is 85.5 cm³/mol. The van der Waals surface area contributed by atoms with Crippen LogP contribution >= 0.6 is 0 Å². The van der Waals surface area contributed by atoms with Gasteiger partial charge in [-0.05, 0) is 45.3 Å². The molecule has 6 nitrogen and oxygen atoms in total. The van der Waals surface area contributed by atoms with E-state index in [1.54, 1.807) is 18.5 Å². The number of hydrogen-bond acceptors (Lipinski definition) is 5. The van der Waals surface area contributed by atoms with Crippen LogP contribution in [0.3, 0.4) is 0 Å². The van der Waals surface area contributed by atoms with Crippen LogP contribution in [0, 0.1) is 0 Å². The van der Waals surface area contributed by atoms with Crippen LogP contribution in [0.2, 0.25) is 0 Å². The molecule has 0 radical (unpaired) electrons. The average Bonchev–Trinajstić information content (AvgIpc) is 3.16. The maximum atomic E-state index is 12.5. The van der Waals surface area contributed by atoms with E-state index < -0.39 is 0 Å². The zero-order chi connectivity index (χ0) is 15.4. The van der Waals surface area contributed by atoms with Crippen LogP contribution in [-0.2, 0) is 4.79 Å². The highest BCUT2D eigenvalue weighted by Crippen LogP contribution is 2.29. The summed E-state index contributed by atoms with van der Waals surface area (Å²) in [4.78, 5) is 25.3. The Morgan fingerprint density at radius 1 is 1.23 bits per heavy atom. The van der Waals surface area contributed by atoms with Crippen molar-refractivity contribution in [2.75, 3.05) is 32.0 Å². The number of amides is 1. The van der Waals surface area contributed by atoms with Gasteiger partial charge in [-0.15, -0.1) is 0 Å². The van der Waals surface area contributed by atoms with E-state index in [2.05, 4.69) is 32.1 Å². The van der Waals surface area contributed by atoms with Crippen LogP contribution in [0.5, 0.6) is 0 Å². The van der Waals surface area contributed by atoms with E-state index in [-0.39, 0.29) is 5.91 Å². The standard InChI is InChI=1S/C16H25N5O/c1-20-11-2-5-13(20)14-6-3-12-21(14)15(22)7-10-19-16-17-8-4-9-18-16/h4,8-9,13-14H,2-3,5-7,10-12H2,1H3,(H,17,18,19)/t13-,14+/m1/s1. The minimum Gasteiger partial charge on any atom is -0.354 e. The number of anilines is 1. The molecule has 0 aliphatic carbocycles. The summed E-state index contributed by atoms with van der Waals surface area (Å²) in [7, 11) is 2.19. The van der Waals surface area contributed by atoms with E-state index >= 15 is 0 Å².